The van der Waals surface area contributed by atoms with Crippen molar-refractivity contribution in [1.82, 2.24) is 19.9 Å². The number of rotatable bonds is 2. The lowest BCUT2D eigenvalue weighted by molar-refractivity contribution is 0.591. The van der Waals surface area contributed by atoms with Gasteiger partial charge in [-0.1, -0.05) is 41.4 Å². The molecule has 1 unspecified atom stereocenters. The fourth-order valence-corrected chi connectivity index (χ4v) is 4.32. The Hall–Kier alpha value is -2.40. The highest BCUT2D eigenvalue weighted by molar-refractivity contribution is 6.42. The molecule has 0 radical (unpaired) electrons. The van der Waals surface area contributed by atoms with Crippen molar-refractivity contribution in [3.8, 4) is 11.1 Å². The number of aryl methyl sites for hydroxylation is 1. The largest absolute Gasteiger partial charge is 0.312 e. The second-order valence-corrected chi connectivity index (χ2v) is 8.02. The summed E-state index contributed by atoms with van der Waals surface area (Å²) in [6.07, 6.45) is 3.63. The molecule has 1 N–H and O–H groups in total. The molecule has 0 saturated carbocycles. The molecule has 4 aromatic rings. The van der Waals surface area contributed by atoms with Crippen LogP contribution in [0.1, 0.15) is 28.2 Å². The molecule has 4 nitrogen and oxygen atoms in total. The fraction of sp³-hybridized carbons (Fsp3) is 0.182. The van der Waals surface area contributed by atoms with E-state index in [2.05, 4.69) is 52.7 Å². The molecule has 5 rings (SSSR count). The summed E-state index contributed by atoms with van der Waals surface area (Å²) in [4.78, 5) is 4.26. The maximum absolute atomic E-state index is 6.26. The second-order valence-electron chi connectivity index (χ2n) is 7.20. The van der Waals surface area contributed by atoms with Gasteiger partial charge in [-0.2, -0.15) is 5.10 Å². The SMILES string of the molecule is Cc1cc2ncnn2cc1-c1ccc2c(c1)CNCC2c1ccc(Cl)c(Cl)c1. The van der Waals surface area contributed by atoms with Crippen LogP contribution in [0.4, 0.5) is 0 Å². The first-order valence-corrected chi connectivity index (χ1v) is 9.94. The third-order valence-corrected chi connectivity index (χ3v) is 6.20. The molecule has 1 atom stereocenters. The van der Waals surface area contributed by atoms with Crippen LogP contribution in [0, 0.1) is 6.92 Å². The van der Waals surface area contributed by atoms with Gasteiger partial charge < -0.3 is 5.32 Å². The molecule has 1 aliphatic heterocycles. The predicted molar refractivity (Wildman–Crippen MR) is 113 cm³/mol. The lowest BCUT2D eigenvalue weighted by atomic mass is 9.84. The van der Waals surface area contributed by atoms with Gasteiger partial charge in [0.1, 0.15) is 6.33 Å². The molecular formula is C22H18Cl2N4. The van der Waals surface area contributed by atoms with Gasteiger partial charge in [-0.25, -0.2) is 9.50 Å². The van der Waals surface area contributed by atoms with Crippen molar-refractivity contribution in [1.29, 1.82) is 0 Å². The Balaban J connectivity index is 1.58. The van der Waals surface area contributed by atoms with E-state index in [1.807, 2.05) is 22.8 Å². The number of hydrogen-bond donors (Lipinski definition) is 1. The summed E-state index contributed by atoms with van der Waals surface area (Å²) < 4.78 is 1.82. The molecule has 2 aromatic heterocycles. The van der Waals surface area contributed by atoms with Crippen LogP contribution in [-0.4, -0.2) is 21.1 Å². The van der Waals surface area contributed by atoms with E-state index in [0.717, 1.165) is 24.3 Å². The molecule has 28 heavy (non-hydrogen) atoms. The number of aromatic nitrogens is 3. The van der Waals surface area contributed by atoms with E-state index < -0.39 is 0 Å². The summed E-state index contributed by atoms with van der Waals surface area (Å²) in [5, 5.41) is 8.99. The maximum Gasteiger partial charge on any atom is 0.155 e. The van der Waals surface area contributed by atoms with E-state index in [0.29, 0.717) is 10.0 Å². The molecule has 0 spiro atoms. The summed E-state index contributed by atoms with van der Waals surface area (Å²) >= 11 is 12.4. The lowest BCUT2D eigenvalue weighted by Gasteiger charge is -2.28. The van der Waals surface area contributed by atoms with Gasteiger partial charge in [-0.3, -0.25) is 0 Å². The molecule has 0 bridgehead atoms. The van der Waals surface area contributed by atoms with E-state index in [4.69, 9.17) is 23.2 Å². The van der Waals surface area contributed by atoms with Gasteiger partial charge in [0.25, 0.3) is 0 Å². The van der Waals surface area contributed by atoms with Gasteiger partial charge in [0, 0.05) is 30.8 Å². The molecule has 1 aliphatic rings. The first-order valence-electron chi connectivity index (χ1n) is 9.19. The summed E-state index contributed by atoms with van der Waals surface area (Å²) in [7, 11) is 0. The molecule has 0 saturated heterocycles. The average molecular weight is 409 g/mol. The summed E-state index contributed by atoms with van der Waals surface area (Å²) in [5.74, 6) is 0.256. The van der Waals surface area contributed by atoms with E-state index in [-0.39, 0.29) is 5.92 Å². The van der Waals surface area contributed by atoms with Crippen molar-refractivity contribution in [2.75, 3.05) is 6.54 Å². The molecule has 140 valence electrons. The number of halogens is 2. The topological polar surface area (TPSA) is 42.2 Å². The van der Waals surface area contributed by atoms with Crippen molar-refractivity contribution in [2.24, 2.45) is 0 Å². The van der Waals surface area contributed by atoms with E-state index >= 15 is 0 Å². The zero-order valence-corrected chi connectivity index (χ0v) is 16.8. The number of hydrogen-bond acceptors (Lipinski definition) is 3. The Bertz CT molecular complexity index is 1200. The highest BCUT2D eigenvalue weighted by Gasteiger charge is 2.23. The Kier molecular flexibility index (Phi) is 4.35. The summed E-state index contributed by atoms with van der Waals surface area (Å²) in [6, 6.07) is 14.7. The Morgan fingerprint density at radius 2 is 1.96 bits per heavy atom. The van der Waals surface area contributed by atoms with E-state index in [1.165, 1.54) is 27.8 Å². The van der Waals surface area contributed by atoms with E-state index in [1.54, 1.807) is 6.33 Å². The van der Waals surface area contributed by atoms with Crippen LogP contribution >= 0.6 is 23.2 Å². The van der Waals surface area contributed by atoms with Crippen molar-refractivity contribution < 1.29 is 0 Å². The second kappa shape index (κ2) is 6.89. The molecule has 6 heteroatoms. The van der Waals surface area contributed by atoms with Gasteiger partial charge in [-0.15, -0.1) is 0 Å². The van der Waals surface area contributed by atoms with Crippen molar-refractivity contribution in [2.45, 2.75) is 19.4 Å². The Labute approximate surface area is 173 Å². The first kappa shape index (κ1) is 17.7. The van der Waals surface area contributed by atoms with Crippen LogP contribution < -0.4 is 5.32 Å². The first-order chi connectivity index (χ1) is 13.6. The van der Waals surface area contributed by atoms with Crippen molar-refractivity contribution in [3.05, 3.63) is 87.3 Å². The third-order valence-electron chi connectivity index (χ3n) is 5.46. The molecule has 0 amide bonds. The molecule has 0 aliphatic carbocycles. The maximum atomic E-state index is 6.26. The monoisotopic (exact) mass is 408 g/mol. The smallest absolute Gasteiger partial charge is 0.155 e. The minimum Gasteiger partial charge on any atom is -0.312 e. The van der Waals surface area contributed by atoms with Crippen molar-refractivity contribution >= 4 is 28.8 Å². The van der Waals surface area contributed by atoms with Crippen LogP contribution in [0.3, 0.4) is 0 Å². The predicted octanol–water partition coefficient (Wildman–Crippen LogP) is 5.25. The number of nitrogens with zero attached hydrogens (tertiary/aromatic N) is 3. The zero-order valence-electron chi connectivity index (χ0n) is 15.3. The number of pyridine rings is 1. The lowest BCUT2D eigenvalue weighted by Crippen LogP contribution is -2.28. The number of nitrogens with one attached hydrogen (secondary N) is 1. The normalized spacial score (nSPS) is 16.3. The van der Waals surface area contributed by atoms with Crippen LogP contribution in [0.25, 0.3) is 16.8 Å². The minimum absolute atomic E-state index is 0.256. The van der Waals surface area contributed by atoms with E-state index in [9.17, 15) is 0 Å². The quantitative estimate of drug-likeness (QED) is 0.492. The van der Waals surface area contributed by atoms with Gasteiger partial charge >= 0.3 is 0 Å². The van der Waals surface area contributed by atoms with Crippen molar-refractivity contribution in [3.63, 3.8) is 0 Å². The number of fused-ring (bicyclic) bond motifs is 2. The van der Waals surface area contributed by atoms with Crippen LogP contribution in [0.15, 0.2) is 55.0 Å². The van der Waals surface area contributed by atoms with Gasteiger partial charge in [-0.05, 0) is 59.0 Å². The average Bonchev–Trinajstić information content (AvgIpc) is 3.16. The molecule has 2 aromatic carbocycles. The molecule has 0 fully saturated rings. The zero-order chi connectivity index (χ0) is 19.3. The highest BCUT2D eigenvalue weighted by Crippen LogP contribution is 2.36. The standard InChI is InChI=1S/C22H18Cl2N4/c1-13-6-22-26-12-27-28(22)11-19(13)14-2-4-17-16(7-14)9-25-10-18(17)15-3-5-20(23)21(24)8-15/h2-8,11-12,18,25H,9-10H2,1H3. The van der Waals surface area contributed by atoms with Crippen LogP contribution in [0.5, 0.6) is 0 Å². The van der Waals surface area contributed by atoms with Gasteiger partial charge in [0.15, 0.2) is 5.65 Å². The molecule has 3 heterocycles. The summed E-state index contributed by atoms with van der Waals surface area (Å²) in [6.45, 7) is 3.85. The minimum atomic E-state index is 0.256. The van der Waals surface area contributed by atoms with Crippen LogP contribution in [0.2, 0.25) is 10.0 Å². The third kappa shape index (κ3) is 2.98. The van der Waals surface area contributed by atoms with Gasteiger partial charge in [0.2, 0.25) is 0 Å². The molecular weight excluding hydrogens is 391 g/mol. The summed E-state index contributed by atoms with van der Waals surface area (Å²) in [5.41, 5.74) is 8.21. The van der Waals surface area contributed by atoms with Gasteiger partial charge in [0.05, 0.1) is 10.0 Å². The fourth-order valence-electron chi connectivity index (χ4n) is 4.01. The Morgan fingerprint density at radius 1 is 1.07 bits per heavy atom. The number of benzene rings is 2. The highest BCUT2D eigenvalue weighted by atomic mass is 35.5. The Morgan fingerprint density at radius 3 is 2.82 bits per heavy atom. The van der Waals surface area contributed by atoms with Crippen LogP contribution in [-0.2, 0) is 6.54 Å².